The first-order valence-corrected chi connectivity index (χ1v) is 13.2. The lowest BCUT2D eigenvalue weighted by molar-refractivity contribution is 0.271. The van der Waals surface area contributed by atoms with E-state index in [0.717, 1.165) is 22.4 Å². The summed E-state index contributed by atoms with van der Waals surface area (Å²) in [6, 6.07) is 37.7. The Labute approximate surface area is 226 Å². The highest BCUT2D eigenvalue weighted by Gasteiger charge is 2.38. The van der Waals surface area contributed by atoms with Crippen LogP contribution in [0.5, 0.6) is 5.75 Å². The highest BCUT2D eigenvalue weighted by Crippen LogP contribution is 2.47. The van der Waals surface area contributed by atoms with Gasteiger partial charge in [0.15, 0.2) is 17.5 Å². The van der Waals surface area contributed by atoms with Gasteiger partial charge in [-0.3, -0.25) is 0 Å². The van der Waals surface area contributed by atoms with Crippen molar-refractivity contribution in [3.63, 3.8) is 0 Å². The highest BCUT2D eigenvalue weighted by atomic mass is 16.5. The standard InChI is InChI=1S/C35H23N3O/c1-2-10-24(11-3-1)33-36-34(25-20-19-23-18-17-22-9-4-5-12-26(22)29(23)21-25)38-35(37-33)28-14-8-16-31-32(28)27-13-6-7-15-30(27)39-31/h1-21,31-32H. The fraction of sp³-hybridized carbons (Fsp3) is 0.0571. The summed E-state index contributed by atoms with van der Waals surface area (Å²) in [4.78, 5) is 15.1. The zero-order valence-electron chi connectivity index (χ0n) is 21.0. The van der Waals surface area contributed by atoms with E-state index >= 15 is 0 Å². The van der Waals surface area contributed by atoms with Crippen LogP contribution in [0.3, 0.4) is 0 Å². The predicted octanol–water partition coefficient (Wildman–Crippen LogP) is 8.01. The van der Waals surface area contributed by atoms with Crippen LogP contribution in [-0.4, -0.2) is 21.1 Å². The molecule has 0 spiro atoms. The van der Waals surface area contributed by atoms with Crippen LogP contribution in [0.4, 0.5) is 0 Å². The van der Waals surface area contributed by atoms with Gasteiger partial charge in [0.2, 0.25) is 0 Å². The fourth-order valence-corrected chi connectivity index (χ4v) is 5.81. The van der Waals surface area contributed by atoms with Crippen LogP contribution >= 0.6 is 0 Å². The molecule has 2 atom stereocenters. The first-order chi connectivity index (χ1) is 19.3. The van der Waals surface area contributed by atoms with Crippen LogP contribution in [-0.2, 0) is 0 Å². The maximum atomic E-state index is 6.28. The summed E-state index contributed by atoms with van der Waals surface area (Å²) in [7, 11) is 0. The highest BCUT2D eigenvalue weighted by molar-refractivity contribution is 6.08. The Morgan fingerprint density at radius 2 is 1.26 bits per heavy atom. The summed E-state index contributed by atoms with van der Waals surface area (Å²) in [5, 5.41) is 4.81. The topological polar surface area (TPSA) is 47.9 Å². The number of aromatic nitrogens is 3. The number of ether oxygens (including phenoxy) is 1. The molecule has 4 heteroatoms. The number of benzene rings is 5. The van der Waals surface area contributed by atoms with Crippen LogP contribution in [0.25, 0.3) is 49.9 Å². The van der Waals surface area contributed by atoms with Gasteiger partial charge in [-0.15, -0.1) is 0 Å². The molecule has 4 nitrogen and oxygen atoms in total. The molecular weight excluding hydrogens is 478 g/mol. The largest absolute Gasteiger partial charge is 0.485 e. The summed E-state index contributed by atoms with van der Waals surface area (Å²) in [6.07, 6.45) is 6.21. The summed E-state index contributed by atoms with van der Waals surface area (Å²) in [6.45, 7) is 0. The third-order valence-electron chi connectivity index (χ3n) is 7.69. The van der Waals surface area contributed by atoms with Crippen molar-refractivity contribution >= 4 is 27.1 Å². The van der Waals surface area contributed by atoms with Gasteiger partial charge in [0.05, 0.1) is 5.92 Å². The monoisotopic (exact) mass is 501 g/mol. The Hall–Kier alpha value is -5.09. The van der Waals surface area contributed by atoms with E-state index in [4.69, 9.17) is 19.7 Å². The molecule has 2 aliphatic rings. The third-order valence-corrected chi connectivity index (χ3v) is 7.69. The molecule has 1 aliphatic carbocycles. The van der Waals surface area contributed by atoms with Crippen LogP contribution < -0.4 is 4.74 Å². The molecule has 2 heterocycles. The van der Waals surface area contributed by atoms with Gasteiger partial charge in [-0.2, -0.15) is 0 Å². The van der Waals surface area contributed by atoms with Gasteiger partial charge in [0.1, 0.15) is 11.9 Å². The predicted molar refractivity (Wildman–Crippen MR) is 156 cm³/mol. The van der Waals surface area contributed by atoms with E-state index in [1.807, 2.05) is 42.5 Å². The van der Waals surface area contributed by atoms with Gasteiger partial charge in [0, 0.05) is 22.3 Å². The minimum atomic E-state index is -0.0742. The molecule has 8 rings (SSSR count). The van der Waals surface area contributed by atoms with Gasteiger partial charge in [0.25, 0.3) is 0 Å². The Balaban J connectivity index is 1.33. The summed E-state index contributed by atoms with van der Waals surface area (Å²) in [5.74, 6) is 2.95. The van der Waals surface area contributed by atoms with Gasteiger partial charge in [-0.05, 0) is 39.8 Å². The average Bonchev–Trinajstić information content (AvgIpc) is 3.40. The molecule has 1 aromatic heterocycles. The van der Waals surface area contributed by atoms with Crippen LogP contribution in [0.1, 0.15) is 17.3 Å². The lowest BCUT2D eigenvalue weighted by Gasteiger charge is -2.22. The fourth-order valence-electron chi connectivity index (χ4n) is 5.81. The van der Waals surface area contributed by atoms with E-state index in [1.165, 1.54) is 27.1 Å². The van der Waals surface area contributed by atoms with Gasteiger partial charge in [-0.1, -0.05) is 109 Å². The lowest BCUT2D eigenvalue weighted by atomic mass is 9.84. The molecule has 0 bridgehead atoms. The summed E-state index contributed by atoms with van der Waals surface area (Å²) < 4.78 is 6.28. The molecule has 2 unspecified atom stereocenters. The SMILES string of the molecule is C1=CC2Oc3ccccc3C2C(c2nc(-c3ccccc3)nc(-c3ccc4ccc5ccccc5c4c3)n2)=C1. The minimum absolute atomic E-state index is 0.0330. The first-order valence-electron chi connectivity index (χ1n) is 13.2. The quantitative estimate of drug-likeness (QED) is 0.231. The number of fused-ring (bicyclic) bond motifs is 6. The van der Waals surface area contributed by atoms with Crippen LogP contribution in [0.2, 0.25) is 0 Å². The van der Waals surface area contributed by atoms with E-state index in [-0.39, 0.29) is 12.0 Å². The van der Waals surface area contributed by atoms with E-state index < -0.39 is 0 Å². The molecule has 0 saturated carbocycles. The van der Waals surface area contributed by atoms with Crippen molar-refractivity contribution < 1.29 is 4.74 Å². The van der Waals surface area contributed by atoms with Gasteiger partial charge in [-0.25, -0.2) is 15.0 Å². The summed E-state index contributed by atoms with van der Waals surface area (Å²) in [5.41, 5.74) is 4.13. The van der Waals surface area contributed by atoms with E-state index in [0.29, 0.717) is 17.5 Å². The second-order valence-electron chi connectivity index (χ2n) is 10.00. The molecule has 5 aromatic carbocycles. The lowest BCUT2D eigenvalue weighted by Crippen LogP contribution is -2.20. The minimum Gasteiger partial charge on any atom is -0.485 e. The molecule has 0 amide bonds. The maximum Gasteiger partial charge on any atom is 0.164 e. The van der Waals surface area contributed by atoms with Crippen molar-refractivity contribution in [2.45, 2.75) is 12.0 Å². The normalized spacial score (nSPS) is 17.5. The van der Waals surface area contributed by atoms with Crippen molar-refractivity contribution in [3.8, 4) is 28.5 Å². The molecule has 0 N–H and O–H groups in total. The summed E-state index contributed by atoms with van der Waals surface area (Å²) >= 11 is 0. The Kier molecular flexibility index (Phi) is 4.92. The van der Waals surface area contributed by atoms with Gasteiger partial charge >= 0.3 is 0 Å². The van der Waals surface area contributed by atoms with Crippen LogP contribution in [0.15, 0.2) is 127 Å². The molecule has 6 aromatic rings. The van der Waals surface area contributed by atoms with Crippen molar-refractivity contribution in [1.82, 2.24) is 15.0 Å². The van der Waals surface area contributed by atoms with Crippen molar-refractivity contribution in [2.24, 2.45) is 0 Å². The van der Waals surface area contributed by atoms with E-state index in [2.05, 4.69) is 85.0 Å². The van der Waals surface area contributed by atoms with Gasteiger partial charge < -0.3 is 4.74 Å². The maximum absolute atomic E-state index is 6.28. The molecule has 1 aliphatic heterocycles. The molecule has 39 heavy (non-hydrogen) atoms. The second-order valence-corrected chi connectivity index (χ2v) is 10.00. The molecule has 0 radical (unpaired) electrons. The second kappa shape index (κ2) is 8.74. The number of para-hydroxylation sites is 1. The third kappa shape index (κ3) is 3.64. The average molecular weight is 502 g/mol. The number of hydrogen-bond acceptors (Lipinski definition) is 4. The van der Waals surface area contributed by atoms with Crippen molar-refractivity contribution in [3.05, 3.63) is 139 Å². The van der Waals surface area contributed by atoms with Crippen molar-refractivity contribution in [1.29, 1.82) is 0 Å². The zero-order chi connectivity index (χ0) is 25.8. The molecule has 0 fully saturated rings. The van der Waals surface area contributed by atoms with Crippen LogP contribution in [0, 0.1) is 0 Å². The van der Waals surface area contributed by atoms with Crippen molar-refractivity contribution in [2.75, 3.05) is 0 Å². The first kappa shape index (κ1) is 21.9. The molecular formula is C35H23N3O. The molecule has 184 valence electrons. The molecule has 0 saturated heterocycles. The number of hydrogen-bond donors (Lipinski definition) is 0. The number of nitrogens with zero attached hydrogens (tertiary/aromatic N) is 3. The number of allylic oxidation sites excluding steroid dienone is 2. The van der Waals surface area contributed by atoms with E-state index in [9.17, 15) is 0 Å². The Morgan fingerprint density at radius 3 is 2.15 bits per heavy atom. The smallest absolute Gasteiger partial charge is 0.164 e. The zero-order valence-corrected chi connectivity index (χ0v) is 21.0. The Bertz CT molecular complexity index is 1960. The Morgan fingerprint density at radius 1 is 0.564 bits per heavy atom. The van der Waals surface area contributed by atoms with E-state index in [1.54, 1.807) is 0 Å². The number of rotatable bonds is 3.